The van der Waals surface area contributed by atoms with Gasteiger partial charge < -0.3 is 0 Å². The quantitative estimate of drug-likeness (QED) is 0.489. The summed E-state index contributed by atoms with van der Waals surface area (Å²) in [7, 11) is 0. The van der Waals surface area contributed by atoms with E-state index in [1.807, 2.05) is 0 Å². The Morgan fingerprint density at radius 1 is 0.696 bits per heavy atom. The van der Waals surface area contributed by atoms with E-state index in [0.717, 1.165) is 0 Å². The van der Waals surface area contributed by atoms with Gasteiger partial charge in [0, 0.05) is 0 Å². The molecule has 0 aliphatic rings. The van der Waals surface area contributed by atoms with E-state index in [1.54, 1.807) is 0 Å². The van der Waals surface area contributed by atoms with Crippen molar-refractivity contribution >= 4 is 16.8 Å². The van der Waals surface area contributed by atoms with Crippen LogP contribution < -0.4 is 0 Å². The van der Waals surface area contributed by atoms with Crippen LogP contribution in [0.2, 0.25) is 0 Å². The topological polar surface area (TPSA) is 0 Å². The highest BCUT2D eigenvalue weighted by atomic mass is 14.2. The molecule has 0 saturated heterocycles. The van der Waals surface area contributed by atoms with Crippen molar-refractivity contribution in [3.8, 4) is 11.1 Å². The molecule has 0 N–H and O–H groups in total. The van der Waals surface area contributed by atoms with E-state index < -0.39 is 0 Å². The molecule has 0 nitrogen and oxygen atoms in total. The standard InChI is InChI=1S/C23H24/c1-6-10-20-17(4)15(2)16(3)18(5)23(20)22-14-9-12-19-11-7-8-13-21(19)22/h6-14H,1-5H3. The molecule has 3 rings (SSSR count). The highest BCUT2D eigenvalue weighted by Crippen LogP contribution is 2.38. The first-order valence-corrected chi connectivity index (χ1v) is 8.27. The normalized spacial score (nSPS) is 11.5. The number of benzene rings is 3. The minimum atomic E-state index is 1.30. The van der Waals surface area contributed by atoms with Crippen molar-refractivity contribution in [2.24, 2.45) is 0 Å². The Hall–Kier alpha value is -2.34. The summed E-state index contributed by atoms with van der Waals surface area (Å²) in [5, 5.41) is 2.62. The Bertz CT molecular complexity index is 906. The van der Waals surface area contributed by atoms with Crippen molar-refractivity contribution in [1.82, 2.24) is 0 Å². The van der Waals surface area contributed by atoms with Crippen molar-refractivity contribution in [3.63, 3.8) is 0 Å². The molecule has 0 atom stereocenters. The predicted octanol–water partition coefficient (Wildman–Crippen LogP) is 6.77. The second-order valence-corrected chi connectivity index (χ2v) is 6.32. The zero-order valence-electron chi connectivity index (χ0n) is 14.7. The van der Waals surface area contributed by atoms with Gasteiger partial charge in [-0.1, -0.05) is 54.6 Å². The van der Waals surface area contributed by atoms with Crippen molar-refractivity contribution in [2.75, 3.05) is 0 Å². The fourth-order valence-electron chi connectivity index (χ4n) is 3.51. The van der Waals surface area contributed by atoms with Gasteiger partial charge in [-0.2, -0.15) is 0 Å². The maximum Gasteiger partial charge on any atom is -0.00705 e. The Morgan fingerprint density at radius 3 is 2.09 bits per heavy atom. The van der Waals surface area contributed by atoms with E-state index in [1.165, 1.54) is 49.7 Å². The summed E-state index contributed by atoms with van der Waals surface area (Å²) in [5.41, 5.74) is 9.63. The molecule has 0 aliphatic heterocycles. The largest absolute Gasteiger partial charge is 0.0870 e. The molecule has 0 bridgehead atoms. The third-order valence-electron chi connectivity index (χ3n) is 5.13. The molecular formula is C23H24. The fourth-order valence-corrected chi connectivity index (χ4v) is 3.51. The summed E-state index contributed by atoms with van der Waals surface area (Å²) < 4.78 is 0. The molecular weight excluding hydrogens is 276 g/mol. The maximum atomic E-state index is 2.26. The first-order valence-electron chi connectivity index (χ1n) is 8.27. The van der Waals surface area contributed by atoms with E-state index in [0.29, 0.717) is 0 Å². The summed E-state index contributed by atoms with van der Waals surface area (Å²) >= 11 is 0. The van der Waals surface area contributed by atoms with Gasteiger partial charge in [0.05, 0.1) is 0 Å². The highest BCUT2D eigenvalue weighted by Gasteiger charge is 2.16. The molecule has 0 unspecified atom stereocenters. The molecule has 23 heavy (non-hydrogen) atoms. The Morgan fingerprint density at radius 2 is 1.35 bits per heavy atom. The van der Waals surface area contributed by atoms with Gasteiger partial charge in [0.15, 0.2) is 0 Å². The van der Waals surface area contributed by atoms with Gasteiger partial charge in [-0.15, -0.1) is 0 Å². The zero-order chi connectivity index (χ0) is 16.6. The Balaban J connectivity index is 2.48. The van der Waals surface area contributed by atoms with Crippen LogP contribution in [0.1, 0.15) is 34.7 Å². The van der Waals surface area contributed by atoms with E-state index in [4.69, 9.17) is 0 Å². The molecule has 0 saturated carbocycles. The number of rotatable bonds is 2. The second-order valence-electron chi connectivity index (χ2n) is 6.32. The average Bonchev–Trinajstić information content (AvgIpc) is 2.58. The first kappa shape index (κ1) is 15.6. The van der Waals surface area contributed by atoms with Crippen molar-refractivity contribution in [1.29, 1.82) is 0 Å². The van der Waals surface area contributed by atoms with Crippen LogP contribution in [-0.2, 0) is 0 Å². The van der Waals surface area contributed by atoms with Crippen LogP contribution in [0.25, 0.3) is 28.0 Å². The summed E-state index contributed by atoms with van der Waals surface area (Å²) in [5.74, 6) is 0. The summed E-state index contributed by atoms with van der Waals surface area (Å²) in [6.07, 6.45) is 4.40. The molecule has 0 aliphatic carbocycles. The van der Waals surface area contributed by atoms with Crippen LogP contribution >= 0.6 is 0 Å². The lowest BCUT2D eigenvalue weighted by Crippen LogP contribution is -2.00. The van der Waals surface area contributed by atoms with Gasteiger partial charge in [-0.3, -0.25) is 0 Å². The van der Waals surface area contributed by atoms with Crippen LogP contribution in [0.4, 0.5) is 0 Å². The smallest absolute Gasteiger partial charge is 0.00705 e. The number of fused-ring (bicyclic) bond motifs is 1. The molecule has 0 heteroatoms. The minimum absolute atomic E-state index is 1.30. The van der Waals surface area contributed by atoms with E-state index >= 15 is 0 Å². The fraction of sp³-hybridized carbons (Fsp3) is 0.217. The third kappa shape index (κ3) is 2.49. The molecule has 0 spiro atoms. The molecule has 0 radical (unpaired) electrons. The van der Waals surface area contributed by atoms with Gasteiger partial charge in [0.25, 0.3) is 0 Å². The predicted molar refractivity (Wildman–Crippen MR) is 103 cm³/mol. The number of hydrogen-bond acceptors (Lipinski definition) is 0. The Kier molecular flexibility index (Phi) is 4.09. The van der Waals surface area contributed by atoms with Crippen LogP contribution in [0.5, 0.6) is 0 Å². The first-order chi connectivity index (χ1) is 11.1. The average molecular weight is 300 g/mol. The third-order valence-corrected chi connectivity index (χ3v) is 5.13. The Labute approximate surface area is 139 Å². The van der Waals surface area contributed by atoms with Gasteiger partial charge in [0.1, 0.15) is 0 Å². The minimum Gasteiger partial charge on any atom is -0.0870 e. The number of allylic oxidation sites excluding steroid dienone is 1. The lowest BCUT2D eigenvalue weighted by atomic mass is 9.84. The summed E-state index contributed by atoms with van der Waals surface area (Å²) in [4.78, 5) is 0. The lowest BCUT2D eigenvalue weighted by molar-refractivity contribution is 1.21. The van der Waals surface area contributed by atoms with Gasteiger partial charge in [-0.05, 0) is 84.3 Å². The van der Waals surface area contributed by atoms with E-state index in [-0.39, 0.29) is 0 Å². The van der Waals surface area contributed by atoms with Crippen LogP contribution in [0.3, 0.4) is 0 Å². The van der Waals surface area contributed by atoms with Crippen LogP contribution in [-0.4, -0.2) is 0 Å². The van der Waals surface area contributed by atoms with E-state index in [2.05, 4.69) is 89.2 Å². The summed E-state index contributed by atoms with van der Waals surface area (Å²) in [6.45, 7) is 11.1. The van der Waals surface area contributed by atoms with Crippen molar-refractivity contribution in [2.45, 2.75) is 34.6 Å². The van der Waals surface area contributed by atoms with Crippen molar-refractivity contribution < 1.29 is 0 Å². The lowest BCUT2D eigenvalue weighted by Gasteiger charge is -2.20. The molecule has 3 aromatic rings. The van der Waals surface area contributed by atoms with Gasteiger partial charge >= 0.3 is 0 Å². The molecule has 0 amide bonds. The van der Waals surface area contributed by atoms with Gasteiger partial charge in [0.2, 0.25) is 0 Å². The zero-order valence-corrected chi connectivity index (χ0v) is 14.7. The molecule has 116 valence electrons. The van der Waals surface area contributed by atoms with Crippen LogP contribution in [0.15, 0.2) is 48.5 Å². The number of hydrogen-bond donors (Lipinski definition) is 0. The van der Waals surface area contributed by atoms with Crippen LogP contribution in [0, 0.1) is 27.7 Å². The molecule has 0 aromatic heterocycles. The summed E-state index contributed by atoms with van der Waals surface area (Å²) in [6, 6.07) is 15.3. The van der Waals surface area contributed by atoms with E-state index in [9.17, 15) is 0 Å². The second kappa shape index (κ2) is 6.04. The molecule has 0 fully saturated rings. The molecule has 3 aromatic carbocycles. The van der Waals surface area contributed by atoms with Crippen molar-refractivity contribution in [3.05, 3.63) is 76.4 Å². The highest BCUT2D eigenvalue weighted by molar-refractivity contribution is 6.00. The monoisotopic (exact) mass is 300 g/mol. The SMILES string of the molecule is CC=Cc1c(C)c(C)c(C)c(C)c1-c1cccc2ccccc12. The maximum absolute atomic E-state index is 2.26. The van der Waals surface area contributed by atoms with Gasteiger partial charge in [-0.25, -0.2) is 0 Å². The molecule has 0 heterocycles.